The summed E-state index contributed by atoms with van der Waals surface area (Å²) in [6, 6.07) is 12.5. The number of nitrogens with one attached hydrogen (secondary N) is 3. The highest BCUT2D eigenvalue weighted by Crippen LogP contribution is 2.37. The van der Waals surface area contributed by atoms with Gasteiger partial charge < -0.3 is 20.9 Å². The van der Waals surface area contributed by atoms with Crippen LogP contribution >= 0.6 is 0 Å². The van der Waals surface area contributed by atoms with Gasteiger partial charge in [-0.3, -0.25) is 19.2 Å². The predicted molar refractivity (Wildman–Crippen MR) is 112 cm³/mol. The van der Waals surface area contributed by atoms with Gasteiger partial charge in [0, 0.05) is 24.3 Å². The van der Waals surface area contributed by atoms with Gasteiger partial charge in [-0.1, -0.05) is 18.2 Å². The number of rotatable bonds is 4. The fourth-order valence-electron chi connectivity index (χ4n) is 3.88. The number of benzene rings is 2. The number of anilines is 3. The minimum Gasteiger partial charge on any atom is -0.339 e. The molecule has 0 radical (unpaired) electrons. The smallest absolute Gasteiger partial charge is 0.313 e. The summed E-state index contributed by atoms with van der Waals surface area (Å²) in [5.41, 5.74) is 4.10. The Morgan fingerprint density at radius 1 is 0.867 bits per heavy atom. The van der Waals surface area contributed by atoms with Gasteiger partial charge >= 0.3 is 11.8 Å². The van der Waals surface area contributed by atoms with E-state index >= 15 is 0 Å². The summed E-state index contributed by atoms with van der Waals surface area (Å²) in [5, 5.41) is 7.56. The number of aryl methyl sites for hydroxylation is 2. The lowest BCUT2D eigenvalue weighted by molar-refractivity contribution is -0.136. The van der Waals surface area contributed by atoms with Crippen LogP contribution in [-0.2, 0) is 32.0 Å². The highest BCUT2D eigenvalue weighted by Gasteiger charge is 2.30. The van der Waals surface area contributed by atoms with Gasteiger partial charge in [-0.2, -0.15) is 0 Å². The first-order valence-corrected chi connectivity index (χ1v) is 9.91. The predicted octanol–water partition coefficient (Wildman–Crippen LogP) is 1.61. The quantitative estimate of drug-likeness (QED) is 0.671. The minimum absolute atomic E-state index is 0.133. The first-order chi connectivity index (χ1) is 14.5. The van der Waals surface area contributed by atoms with Gasteiger partial charge in [0.2, 0.25) is 11.8 Å². The number of carbonyl (C=O) groups excluding carboxylic acids is 4. The molecule has 0 spiro atoms. The molecule has 2 heterocycles. The standard InChI is InChI=1S/C22H22N4O4/c27-18(24-16-6-2-1-3-7-16)13-23-21(29)22(30)25-17-11-14-5-4-10-26-19(28)9-8-15(12-17)20(14)26/h1-3,6-7,11-12H,4-5,8-10,13H2,(H,23,29)(H,24,27)(H,25,30). The fourth-order valence-corrected chi connectivity index (χ4v) is 3.88. The molecule has 0 saturated carbocycles. The van der Waals surface area contributed by atoms with E-state index < -0.39 is 17.7 Å². The lowest BCUT2D eigenvalue weighted by Gasteiger charge is -2.35. The fraction of sp³-hybridized carbons (Fsp3) is 0.273. The van der Waals surface area contributed by atoms with Crippen LogP contribution in [0.15, 0.2) is 42.5 Å². The lowest BCUT2D eigenvalue weighted by atomic mass is 9.91. The normalized spacial score (nSPS) is 14.5. The van der Waals surface area contributed by atoms with Crippen LogP contribution in [0.1, 0.15) is 24.0 Å². The summed E-state index contributed by atoms with van der Waals surface area (Å²) in [7, 11) is 0. The van der Waals surface area contributed by atoms with Crippen LogP contribution < -0.4 is 20.9 Å². The van der Waals surface area contributed by atoms with Gasteiger partial charge in [-0.05, 0) is 54.7 Å². The molecule has 2 aromatic carbocycles. The molecule has 4 amide bonds. The molecule has 8 nitrogen and oxygen atoms in total. The molecule has 8 heteroatoms. The zero-order chi connectivity index (χ0) is 21.1. The van der Waals surface area contributed by atoms with Gasteiger partial charge in [0.15, 0.2) is 0 Å². The second-order valence-electron chi connectivity index (χ2n) is 7.34. The molecule has 154 valence electrons. The van der Waals surface area contributed by atoms with Gasteiger partial charge in [-0.25, -0.2) is 0 Å². The second kappa shape index (κ2) is 8.36. The Labute approximate surface area is 173 Å². The van der Waals surface area contributed by atoms with Gasteiger partial charge in [-0.15, -0.1) is 0 Å². The van der Waals surface area contributed by atoms with Crippen molar-refractivity contribution in [2.75, 3.05) is 28.6 Å². The van der Waals surface area contributed by atoms with Crippen molar-refractivity contribution in [3.8, 4) is 0 Å². The Hall–Kier alpha value is -3.68. The van der Waals surface area contributed by atoms with Crippen molar-refractivity contribution in [2.45, 2.75) is 25.7 Å². The van der Waals surface area contributed by atoms with E-state index in [1.807, 2.05) is 23.1 Å². The van der Waals surface area contributed by atoms with E-state index in [-0.39, 0.29) is 12.5 Å². The van der Waals surface area contributed by atoms with Crippen LogP contribution in [0.25, 0.3) is 0 Å². The van der Waals surface area contributed by atoms with E-state index in [0.717, 1.165) is 36.2 Å². The number of amides is 4. The van der Waals surface area contributed by atoms with Crippen LogP contribution in [0.3, 0.4) is 0 Å². The molecule has 2 aromatic rings. The van der Waals surface area contributed by atoms with Crippen LogP contribution in [0.4, 0.5) is 17.1 Å². The van der Waals surface area contributed by atoms with Crippen molar-refractivity contribution in [3.63, 3.8) is 0 Å². The third-order valence-electron chi connectivity index (χ3n) is 5.21. The number of nitrogens with zero attached hydrogens (tertiary/aromatic N) is 1. The van der Waals surface area contributed by atoms with E-state index in [1.54, 1.807) is 24.3 Å². The Bertz CT molecular complexity index is 1000. The Morgan fingerprint density at radius 3 is 2.37 bits per heavy atom. The maximum absolute atomic E-state index is 12.3. The maximum atomic E-state index is 12.3. The molecule has 0 aliphatic carbocycles. The summed E-state index contributed by atoms with van der Waals surface area (Å²) in [4.78, 5) is 50.2. The van der Waals surface area contributed by atoms with E-state index in [1.165, 1.54) is 0 Å². The monoisotopic (exact) mass is 406 g/mol. The molecule has 0 atom stereocenters. The Morgan fingerprint density at radius 2 is 1.60 bits per heavy atom. The van der Waals surface area contributed by atoms with Crippen LogP contribution in [0, 0.1) is 0 Å². The average Bonchev–Trinajstić information content (AvgIpc) is 2.75. The topological polar surface area (TPSA) is 108 Å². The van der Waals surface area contributed by atoms with Crippen molar-refractivity contribution in [1.29, 1.82) is 0 Å². The average molecular weight is 406 g/mol. The van der Waals surface area contributed by atoms with Gasteiger partial charge in [0.25, 0.3) is 0 Å². The highest BCUT2D eigenvalue weighted by molar-refractivity contribution is 6.40. The van der Waals surface area contributed by atoms with Crippen molar-refractivity contribution in [1.82, 2.24) is 5.32 Å². The Balaban J connectivity index is 1.36. The van der Waals surface area contributed by atoms with Gasteiger partial charge in [0.05, 0.1) is 12.2 Å². The van der Waals surface area contributed by atoms with E-state index in [9.17, 15) is 19.2 Å². The first-order valence-electron chi connectivity index (χ1n) is 9.91. The van der Waals surface area contributed by atoms with Gasteiger partial charge in [0.1, 0.15) is 0 Å². The summed E-state index contributed by atoms with van der Waals surface area (Å²) < 4.78 is 0. The zero-order valence-corrected chi connectivity index (χ0v) is 16.4. The molecule has 0 unspecified atom stereocenters. The van der Waals surface area contributed by atoms with Crippen molar-refractivity contribution in [2.24, 2.45) is 0 Å². The lowest BCUT2D eigenvalue weighted by Crippen LogP contribution is -2.40. The summed E-state index contributed by atoms with van der Waals surface area (Å²) >= 11 is 0. The van der Waals surface area contributed by atoms with Crippen LogP contribution in [0.5, 0.6) is 0 Å². The number of para-hydroxylation sites is 1. The molecular formula is C22H22N4O4. The Kier molecular flexibility index (Phi) is 5.47. The van der Waals surface area contributed by atoms with Crippen molar-refractivity contribution < 1.29 is 19.2 Å². The second-order valence-corrected chi connectivity index (χ2v) is 7.34. The highest BCUT2D eigenvalue weighted by atomic mass is 16.2. The summed E-state index contributed by atoms with van der Waals surface area (Å²) in [5.74, 6) is -2.02. The molecule has 0 aromatic heterocycles. The van der Waals surface area contributed by atoms with E-state index in [0.29, 0.717) is 24.2 Å². The largest absolute Gasteiger partial charge is 0.339 e. The molecule has 0 saturated heterocycles. The number of hydrogen-bond donors (Lipinski definition) is 3. The molecular weight excluding hydrogens is 384 g/mol. The number of hydrogen-bond acceptors (Lipinski definition) is 4. The van der Waals surface area contributed by atoms with Crippen molar-refractivity contribution in [3.05, 3.63) is 53.6 Å². The molecule has 30 heavy (non-hydrogen) atoms. The molecule has 0 bridgehead atoms. The maximum Gasteiger partial charge on any atom is 0.313 e. The molecule has 2 aliphatic heterocycles. The van der Waals surface area contributed by atoms with Crippen LogP contribution in [-0.4, -0.2) is 36.7 Å². The van der Waals surface area contributed by atoms with E-state index in [4.69, 9.17) is 0 Å². The van der Waals surface area contributed by atoms with E-state index in [2.05, 4.69) is 16.0 Å². The third kappa shape index (κ3) is 4.17. The first kappa shape index (κ1) is 19.6. The van der Waals surface area contributed by atoms with Crippen LogP contribution in [0.2, 0.25) is 0 Å². The third-order valence-corrected chi connectivity index (χ3v) is 5.21. The SMILES string of the molecule is O=C(CNC(=O)C(=O)Nc1cc2c3c(c1)CCC(=O)N3CCC2)Nc1ccccc1. The van der Waals surface area contributed by atoms with Crippen molar-refractivity contribution >= 4 is 40.7 Å². The number of carbonyl (C=O) groups is 4. The molecule has 3 N–H and O–H groups in total. The summed E-state index contributed by atoms with van der Waals surface area (Å²) in [6.45, 7) is 0.408. The summed E-state index contributed by atoms with van der Waals surface area (Å²) in [6.07, 6.45) is 2.75. The minimum atomic E-state index is -0.888. The molecule has 0 fully saturated rings. The zero-order valence-electron chi connectivity index (χ0n) is 16.4. The molecule has 4 rings (SSSR count). The molecule has 2 aliphatic rings.